The van der Waals surface area contributed by atoms with E-state index in [1.54, 1.807) is 11.1 Å². The molecule has 1 aromatic rings. The zero-order valence-corrected chi connectivity index (χ0v) is 7.79. The molecule has 2 unspecified atom stereocenters. The fourth-order valence-corrected chi connectivity index (χ4v) is 2.69. The van der Waals surface area contributed by atoms with E-state index in [9.17, 15) is 0 Å². The number of hydrogen-bond acceptors (Lipinski definition) is 1. The van der Waals surface area contributed by atoms with Gasteiger partial charge in [0.05, 0.1) is 0 Å². The average molecular weight is 173 g/mol. The molecule has 0 amide bonds. The first-order valence-corrected chi connectivity index (χ1v) is 5.13. The van der Waals surface area contributed by atoms with Crippen LogP contribution in [0.1, 0.15) is 24.0 Å². The van der Waals surface area contributed by atoms with Crippen LogP contribution >= 0.6 is 0 Å². The van der Waals surface area contributed by atoms with Gasteiger partial charge in [-0.2, -0.15) is 0 Å². The molecule has 68 valence electrons. The fraction of sp³-hybridized carbons (Fsp3) is 0.500. The Hall–Kier alpha value is -0.820. The molecule has 1 aromatic carbocycles. The molecule has 0 aromatic heterocycles. The molecule has 0 saturated heterocycles. The Morgan fingerprint density at radius 1 is 1.23 bits per heavy atom. The van der Waals surface area contributed by atoms with Crippen LogP contribution in [0.3, 0.4) is 0 Å². The Morgan fingerprint density at radius 2 is 1.92 bits per heavy atom. The molecule has 0 radical (unpaired) electrons. The van der Waals surface area contributed by atoms with E-state index in [1.165, 1.54) is 25.7 Å². The lowest BCUT2D eigenvalue weighted by molar-refractivity contribution is 0.421. The van der Waals surface area contributed by atoms with Crippen molar-refractivity contribution >= 4 is 0 Å². The topological polar surface area (TPSA) is 26.0 Å². The monoisotopic (exact) mass is 173 g/mol. The van der Waals surface area contributed by atoms with E-state index in [0.717, 1.165) is 0 Å². The quantitative estimate of drug-likeness (QED) is 0.637. The highest BCUT2D eigenvalue weighted by molar-refractivity contribution is 5.33. The number of nitrogens with two attached hydrogens (primary N) is 1. The van der Waals surface area contributed by atoms with Crippen LogP contribution in [0, 0.1) is 5.41 Å². The molecule has 1 heteroatoms. The summed E-state index contributed by atoms with van der Waals surface area (Å²) in [5.74, 6) is 0. The van der Waals surface area contributed by atoms with Crippen molar-refractivity contribution in [1.82, 2.24) is 0 Å². The molecule has 1 spiro atoms. The first-order chi connectivity index (χ1) is 6.30. The maximum absolute atomic E-state index is 5.99. The summed E-state index contributed by atoms with van der Waals surface area (Å²) in [7, 11) is 0. The summed E-state index contributed by atoms with van der Waals surface area (Å²) in [4.78, 5) is 0. The van der Waals surface area contributed by atoms with Gasteiger partial charge in [-0.25, -0.2) is 0 Å². The second-order valence-corrected chi connectivity index (χ2v) is 4.62. The van der Waals surface area contributed by atoms with Gasteiger partial charge in [0.1, 0.15) is 0 Å². The molecule has 2 atom stereocenters. The van der Waals surface area contributed by atoms with Crippen molar-refractivity contribution in [2.75, 3.05) is 0 Å². The predicted octanol–water partition coefficient (Wildman–Crippen LogP) is 1.89. The summed E-state index contributed by atoms with van der Waals surface area (Å²) in [5, 5.41) is 0. The van der Waals surface area contributed by atoms with Crippen LogP contribution in [0.4, 0.5) is 0 Å². The lowest BCUT2D eigenvalue weighted by Crippen LogP contribution is -2.22. The van der Waals surface area contributed by atoms with E-state index >= 15 is 0 Å². The number of fused-ring (bicyclic) bond motifs is 1. The second kappa shape index (κ2) is 2.36. The Balaban J connectivity index is 1.96. The van der Waals surface area contributed by atoms with Gasteiger partial charge in [0.25, 0.3) is 0 Å². The van der Waals surface area contributed by atoms with Crippen molar-refractivity contribution in [1.29, 1.82) is 0 Å². The Bertz CT molecular complexity index is 345. The zero-order chi connectivity index (χ0) is 8.89. The predicted molar refractivity (Wildman–Crippen MR) is 53.5 cm³/mol. The van der Waals surface area contributed by atoms with E-state index in [-0.39, 0.29) is 0 Å². The third-order valence-electron chi connectivity index (χ3n) is 3.81. The molecule has 3 rings (SSSR count). The van der Waals surface area contributed by atoms with Crippen molar-refractivity contribution in [3.05, 3.63) is 35.4 Å². The second-order valence-electron chi connectivity index (χ2n) is 4.62. The van der Waals surface area contributed by atoms with E-state index < -0.39 is 0 Å². The van der Waals surface area contributed by atoms with E-state index in [1.807, 2.05) is 0 Å². The van der Waals surface area contributed by atoms with Gasteiger partial charge in [-0.3, -0.25) is 0 Å². The van der Waals surface area contributed by atoms with Crippen LogP contribution in [0.2, 0.25) is 0 Å². The van der Waals surface area contributed by atoms with Gasteiger partial charge in [-0.05, 0) is 42.2 Å². The molecular formula is C12H15N. The minimum atomic E-state index is 0.487. The summed E-state index contributed by atoms with van der Waals surface area (Å²) in [6, 6.07) is 9.30. The number of hydrogen-bond donors (Lipinski definition) is 1. The highest BCUT2D eigenvalue weighted by Gasteiger charge is 2.52. The smallest absolute Gasteiger partial charge is 0.0105 e. The van der Waals surface area contributed by atoms with E-state index in [4.69, 9.17) is 5.73 Å². The molecular weight excluding hydrogens is 158 g/mol. The van der Waals surface area contributed by atoms with Gasteiger partial charge in [0.15, 0.2) is 0 Å². The maximum atomic E-state index is 5.99. The van der Waals surface area contributed by atoms with Crippen LogP contribution < -0.4 is 5.73 Å². The Kier molecular flexibility index (Phi) is 1.37. The van der Waals surface area contributed by atoms with E-state index in [2.05, 4.69) is 24.3 Å². The molecule has 1 fully saturated rings. The van der Waals surface area contributed by atoms with Crippen LogP contribution in [0.15, 0.2) is 24.3 Å². The normalized spacial score (nSPS) is 35.9. The van der Waals surface area contributed by atoms with Crippen LogP contribution in [-0.2, 0) is 12.8 Å². The van der Waals surface area contributed by atoms with Gasteiger partial charge in [0, 0.05) is 6.04 Å². The van der Waals surface area contributed by atoms with Gasteiger partial charge < -0.3 is 5.73 Å². The molecule has 2 aliphatic rings. The molecule has 0 heterocycles. The number of aryl methyl sites for hydroxylation is 1. The molecule has 1 nitrogen and oxygen atoms in total. The van der Waals surface area contributed by atoms with Crippen LogP contribution in [0.5, 0.6) is 0 Å². The zero-order valence-electron chi connectivity index (χ0n) is 7.79. The van der Waals surface area contributed by atoms with Gasteiger partial charge in [-0.1, -0.05) is 24.3 Å². The van der Waals surface area contributed by atoms with Crippen molar-refractivity contribution in [2.24, 2.45) is 11.1 Å². The van der Waals surface area contributed by atoms with Gasteiger partial charge in [-0.15, -0.1) is 0 Å². The van der Waals surface area contributed by atoms with Crippen molar-refractivity contribution in [3.8, 4) is 0 Å². The summed E-state index contributed by atoms with van der Waals surface area (Å²) in [6.45, 7) is 0. The molecule has 0 bridgehead atoms. The highest BCUT2D eigenvalue weighted by Crippen LogP contribution is 2.53. The molecule has 0 aliphatic heterocycles. The third kappa shape index (κ3) is 1.03. The minimum Gasteiger partial charge on any atom is -0.327 e. The summed E-state index contributed by atoms with van der Waals surface area (Å²) >= 11 is 0. The molecule has 2 N–H and O–H groups in total. The summed E-state index contributed by atoms with van der Waals surface area (Å²) in [6.07, 6.45) is 5.03. The molecule has 2 aliphatic carbocycles. The first kappa shape index (κ1) is 7.57. The standard InChI is InChI=1S/C12H15N/c13-11-8-12(11)6-5-9-3-1-2-4-10(9)7-12/h1-4,11H,5-8,13H2. The average Bonchev–Trinajstić information content (AvgIpc) is 2.76. The Morgan fingerprint density at radius 3 is 2.62 bits per heavy atom. The van der Waals surface area contributed by atoms with Gasteiger partial charge >= 0.3 is 0 Å². The SMILES string of the molecule is NC1CC12CCc1ccccc1C2. The van der Waals surface area contributed by atoms with Crippen LogP contribution in [-0.4, -0.2) is 6.04 Å². The fourth-order valence-electron chi connectivity index (χ4n) is 2.69. The lowest BCUT2D eigenvalue weighted by atomic mass is 9.81. The third-order valence-corrected chi connectivity index (χ3v) is 3.81. The number of benzene rings is 1. The molecule has 13 heavy (non-hydrogen) atoms. The van der Waals surface area contributed by atoms with Crippen molar-refractivity contribution in [3.63, 3.8) is 0 Å². The maximum Gasteiger partial charge on any atom is 0.0105 e. The van der Waals surface area contributed by atoms with Crippen LogP contribution in [0.25, 0.3) is 0 Å². The summed E-state index contributed by atoms with van der Waals surface area (Å²) in [5.41, 5.74) is 9.59. The first-order valence-electron chi connectivity index (χ1n) is 5.13. The summed E-state index contributed by atoms with van der Waals surface area (Å²) < 4.78 is 0. The van der Waals surface area contributed by atoms with E-state index in [0.29, 0.717) is 11.5 Å². The largest absolute Gasteiger partial charge is 0.327 e. The lowest BCUT2D eigenvalue weighted by Gasteiger charge is -2.24. The van der Waals surface area contributed by atoms with Crippen molar-refractivity contribution < 1.29 is 0 Å². The molecule has 1 saturated carbocycles. The minimum absolute atomic E-state index is 0.487. The Labute approximate surface area is 78.9 Å². The number of rotatable bonds is 0. The highest BCUT2D eigenvalue weighted by atomic mass is 14.8. The van der Waals surface area contributed by atoms with Crippen molar-refractivity contribution in [2.45, 2.75) is 31.7 Å². The van der Waals surface area contributed by atoms with Gasteiger partial charge in [0.2, 0.25) is 0 Å².